The van der Waals surface area contributed by atoms with Crippen molar-refractivity contribution in [2.24, 2.45) is 0 Å². The van der Waals surface area contributed by atoms with Gasteiger partial charge in [0, 0.05) is 6.08 Å². The van der Waals surface area contributed by atoms with E-state index in [0.29, 0.717) is 11.4 Å². The second kappa shape index (κ2) is 6.58. The number of nitrogens with one attached hydrogen (secondary N) is 1. The maximum Gasteiger partial charge on any atom is 0.251 e. The molecule has 0 spiro atoms. The number of benzene rings is 2. The summed E-state index contributed by atoms with van der Waals surface area (Å²) in [5.74, 6) is 0.330. The fourth-order valence-electron chi connectivity index (χ4n) is 2.63. The highest BCUT2D eigenvalue weighted by Gasteiger charge is 2.25. The molecule has 2 amide bonds. The van der Waals surface area contributed by atoms with Gasteiger partial charge in [-0.25, -0.2) is 0 Å². The molecule has 0 aromatic heterocycles. The maximum atomic E-state index is 12.5. The molecule has 3 rings (SSSR count). The van der Waals surface area contributed by atoms with Crippen molar-refractivity contribution in [3.63, 3.8) is 0 Å². The molecule has 1 heterocycles. The fourth-order valence-corrected chi connectivity index (χ4v) is 2.63. The number of methoxy groups -OCH3 is 1. The van der Waals surface area contributed by atoms with E-state index in [-0.39, 0.29) is 18.4 Å². The monoisotopic (exact) mass is 322 g/mol. The van der Waals surface area contributed by atoms with Crippen molar-refractivity contribution in [1.82, 2.24) is 0 Å². The van der Waals surface area contributed by atoms with E-state index < -0.39 is 0 Å². The Morgan fingerprint density at radius 2 is 2.04 bits per heavy atom. The average molecular weight is 322 g/mol. The largest absolute Gasteiger partial charge is 0.496 e. The van der Waals surface area contributed by atoms with Crippen LogP contribution in [-0.2, 0) is 9.59 Å². The second-order valence-electron chi connectivity index (χ2n) is 5.55. The molecule has 5 heteroatoms. The number of nitrogens with zero attached hydrogens (tertiary/aromatic N) is 1. The van der Waals surface area contributed by atoms with E-state index in [1.807, 2.05) is 43.3 Å². The Balaban J connectivity index is 1.84. The van der Waals surface area contributed by atoms with Crippen molar-refractivity contribution in [3.05, 3.63) is 59.7 Å². The van der Waals surface area contributed by atoms with Crippen molar-refractivity contribution in [2.45, 2.75) is 6.92 Å². The predicted octanol–water partition coefficient (Wildman–Crippen LogP) is 3.00. The number of amides is 2. The predicted molar refractivity (Wildman–Crippen MR) is 94.2 cm³/mol. The lowest BCUT2D eigenvalue weighted by Gasteiger charge is -2.28. The van der Waals surface area contributed by atoms with Crippen molar-refractivity contribution in [1.29, 1.82) is 0 Å². The van der Waals surface area contributed by atoms with Gasteiger partial charge in [0.15, 0.2) is 0 Å². The van der Waals surface area contributed by atoms with Gasteiger partial charge in [-0.15, -0.1) is 0 Å². The number of hydrogen-bond acceptors (Lipinski definition) is 3. The summed E-state index contributed by atoms with van der Waals surface area (Å²) in [6.45, 7) is 1.97. The molecular weight excluding hydrogens is 304 g/mol. The number of hydrogen-bond donors (Lipinski definition) is 1. The zero-order valence-corrected chi connectivity index (χ0v) is 13.6. The van der Waals surface area contributed by atoms with Crippen LogP contribution in [-0.4, -0.2) is 25.5 Å². The molecule has 1 aliphatic rings. The number of anilines is 2. The highest BCUT2D eigenvalue weighted by Crippen LogP contribution is 2.29. The Morgan fingerprint density at radius 3 is 2.83 bits per heavy atom. The van der Waals surface area contributed by atoms with Gasteiger partial charge in [-0.3, -0.25) is 14.5 Å². The van der Waals surface area contributed by atoms with Crippen molar-refractivity contribution < 1.29 is 14.3 Å². The topological polar surface area (TPSA) is 58.6 Å². The van der Waals surface area contributed by atoms with Crippen LogP contribution in [0.15, 0.2) is 48.5 Å². The van der Waals surface area contributed by atoms with E-state index >= 15 is 0 Å². The minimum absolute atomic E-state index is 0.0113. The van der Waals surface area contributed by atoms with Gasteiger partial charge in [0.1, 0.15) is 12.3 Å². The minimum Gasteiger partial charge on any atom is -0.496 e. The Hall–Kier alpha value is -3.08. The smallest absolute Gasteiger partial charge is 0.251 e. The molecule has 0 unspecified atom stereocenters. The number of carbonyl (C=O) groups is 2. The summed E-state index contributed by atoms with van der Waals surface area (Å²) in [4.78, 5) is 25.8. The molecule has 24 heavy (non-hydrogen) atoms. The normalized spacial score (nSPS) is 13.6. The van der Waals surface area contributed by atoms with E-state index in [2.05, 4.69) is 5.32 Å². The van der Waals surface area contributed by atoms with Crippen LogP contribution in [0.5, 0.6) is 5.75 Å². The van der Waals surface area contributed by atoms with Gasteiger partial charge >= 0.3 is 0 Å². The molecule has 1 aliphatic heterocycles. The molecule has 2 aromatic rings. The fraction of sp³-hybridized carbons (Fsp3) is 0.158. The summed E-state index contributed by atoms with van der Waals surface area (Å²) >= 11 is 0. The van der Waals surface area contributed by atoms with Gasteiger partial charge < -0.3 is 10.1 Å². The lowest BCUT2D eigenvalue weighted by molar-refractivity contribution is -0.119. The molecular formula is C19H18N2O3. The lowest BCUT2D eigenvalue weighted by Crippen LogP contribution is -2.41. The molecule has 5 nitrogen and oxygen atoms in total. The third-order valence-corrected chi connectivity index (χ3v) is 3.89. The first-order valence-electron chi connectivity index (χ1n) is 7.61. The molecule has 0 fully saturated rings. The molecule has 0 radical (unpaired) electrons. The molecule has 0 atom stereocenters. The maximum absolute atomic E-state index is 12.5. The summed E-state index contributed by atoms with van der Waals surface area (Å²) in [6, 6.07) is 13.0. The number of aryl methyl sites for hydroxylation is 1. The first kappa shape index (κ1) is 15.8. The molecule has 1 N–H and O–H groups in total. The van der Waals surface area contributed by atoms with Gasteiger partial charge in [-0.2, -0.15) is 0 Å². The molecule has 0 bridgehead atoms. The van der Waals surface area contributed by atoms with Gasteiger partial charge in [0.2, 0.25) is 5.91 Å². The van der Waals surface area contributed by atoms with Crippen molar-refractivity contribution in [2.75, 3.05) is 23.9 Å². The second-order valence-corrected chi connectivity index (χ2v) is 5.55. The Labute approximate surface area is 140 Å². The van der Waals surface area contributed by atoms with Gasteiger partial charge in [0.25, 0.3) is 5.91 Å². The molecule has 0 saturated heterocycles. The van der Waals surface area contributed by atoms with Gasteiger partial charge in [0.05, 0.1) is 18.5 Å². The summed E-state index contributed by atoms with van der Waals surface area (Å²) < 4.78 is 5.29. The van der Waals surface area contributed by atoms with Crippen molar-refractivity contribution >= 4 is 29.3 Å². The summed E-state index contributed by atoms with van der Waals surface area (Å²) in [7, 11) is 1.62. The standard InChI is InChI=1S/C19H18N2O3/c1-13-7-8-14(11-17(13)24-2)9-10-19(23)21-12-18(22)20-15-5-3-4-6-16(15)21/h3-11H,12H2,1-2H3,(H,20,22)/b10-9+. The molecule has 0 aliphatic carbocycles. The van der Waals surface area contributed by atoms with Crippen molar-refractivity contribution in [3.8, 4) is 5.75 Å². The number of carbonyl (C=O) groups excluding carboxylic acids is 2. The average Bonchev–Trinajstić information content (AvgIpc) is 2.60. The molecule has 2 aromatic carbocycles. The van der Waals surface area contributed by atoms with E-state index in [0.717, 1.165) is 16.9 Å². The summed E-state index contributed by atoms with van der Waals surface area (Å²) in [5, 5.41) is 2.77. The Kier molecular flexibility index (Phi) is 4.33. The summed E-state index contributed by atoms with van der Waals surface area (Å²) in [6.07, 6.45) is 3.19. The third kappa shape index (κ3) is 3.15. The van der Waals surface area contributed by atoms with Crippen LogP contribution in [0.3, 0.4) is 0 Å². The number of fused-ring (bicyclic) bond motifs is 1. The number of ether oxygens (including phenoxy) is 1. The highest BCUT2D eigenvalue weighted by molar-refractivity contribution is 6.13. The summed E-state index contributed by atoms with van der Waals surface area (Å²) in [5.41, 5.74) is 3.24. The van der Waals surface area contributed by atoms with E-state index in [1.165, 1.54) is 11.0 Å². The number of rotatable bonds is 3. The SMILES string of the molecule is COc1cc(/C=C/C(=O)N2CC(=O)Nc3ccccc32)ccc1C. The molecule has 122 valence electrons. The minimum atomic E-state index is -0.239. The lowest BCUT2D eigenvalue weighted by atomic mass is 10.1. The zero-order valence-electron chi connectivity index (χ0n) is 13.6. The van der Waals surface area contributed by atoms with Gasteiger partial charge in [-0.1, -0.05) is 24.3 Å². The van der Waals surface area contributed by atoms with E-state index in [4.69, 9.17) is 4.74 Å². The molecule has 0 saturated carbocycles. The third-order valence-electron chi connectivity index (χ3n) is 3.89. The van der Waals surface area contributed by atoms with Crippen LogP contribution in [0.4, 0.5) is 11.4 Å². The van der Waals surface area contributed by atoms with Crippen LogP contribution in [0.1, 0.15) is 11.1 Å². The van der Waals surface area contributed by atoms with Crippen LogP contribution in [0.2, 0.25) is 0 Å². The Bertz CT molecular complexity index is 827. The van der Waals surface area contributed by atoms with E-state index in [9.17, 15) is 9.59 Å². The quantitative estimate of drug-likeness (QED) is 0.884. The van der Waals surface area contributed by atoms with E-state index in [1.54, 1.807) is 19.3 Å². The zero-order chi connectivity index (χ0) is 17.1. The number of para-hydroxylation sites is 2. The highest BCUT2D eigenvalue weighted by atomic mass is 16.5. The van der Waals surface area contributed by atoms with Crippen LogP contribution in [0.25, 0.3) is 6.08 Å². The van der Waals surface area contributed by atoms with Crippen LogP contribution in [0, 0.1) is 6.92 Å². The van der Waals surface area contributed by atoms with Crippen LogP contribution >= 0.6 is 0 Å². The Morgan fingerprint density at radius 1 is 1.25 bits per heavy atom. The first-order chi connectivity index (χ1) is 11.6. The van der Waals surface area contributed by atoms with Gasteiger partial charge in [-0.05, 0) is 42.3 Å². The first-order valence-corrected chi connectivity index (χ1v) is 7.61. The van der Waals surface area contributed by atoms with Crippen LogP contribution < -0.4 is 15.0 Å².